The first-order valence-corrected chi connectivity index (χ1v) is 11.1. The molecule has 34 heavy (non-hydrogen) atoms. The van der Waals surface area contributed by atoms with Gasteiger partial charge in [0.1, 0.15) is 17.1 Å². The zero-order valence-electron chi connectivity index (χ0n) is 18.4. The minimum atomic E-state index is -1.09. The molecule has 3 heterocycles. The molecule has 1 amide bonds. The second kappa shape index (κ2) is 8.53. The zero-order valence-corrected chi connectivity index (χ0v) is 20.0. The van der Waals surface area contributed by atoms with Gasteiger partial charge in [0.25, 0.3) is 5.91 Å². The average Bonchev–Trinajstić information content (AvgIpc) is 3.42. The number of benzene rings is 2. The van der Waals surface area contributed by atoms with Crippen LogP contribution in [0.5, 0.6) is 17.2 Å². The van der Waals surface area contributed by atoms with E-state index < -0.39 is 23.6 Å². The van der Waals surface area contributed by atoms with Gasteiger partial charge in [-0.3, -0.25) is 4.79 Å². The second-order valence-electron chi connectivity index (χ2n) is 7.69. The fourth-order valence-corrected chi connectivity index (χ4v) is 4.79. The van der Waals surface area contributed by atoms with Crippen molar-refractivity contribution in [1.82, 2.24) is 5.16 Å². The molecule has 0 saturated carbocycles. The SMILES string of the molecule is COc1cc([C@@H]2c3c(c4ccccc4oc3=O)O[C@H]2C(=O)Nc2cc(C)on2)cc(Br)c1OC. The van der Waals surface area contributed by atoms with E-state index in [2.05, 4.69) is 26.4 Å². The zero-order chi connectivity index (χ0) is 24.0. The van der Waals surface area contributed by atoms with E-state index in [-0.39, 0.29) is 11.4 Å². The number of hydrogen-bond acceptors (Lipinski definition) is 8. The summed E-state index contributed by atoms with van der Waals surface area (Å²) >= 11 is 3.49. The molecule has 4 aromatic rings. The van der Waals surface area contributed by atoms with Gasteiger partial charge in [-0.1, -0.05) is 17.3 Å². The molecule has 5 rings (SSSR count). The molecule has 9 nitrogen and oxygen atoms in total. The van der Waals surface area contributed by atoms with Crippen molar-refractivity contribution in [1.29, 1.82) is 0 Å². The van der Waals surface area contributed by atoms with Crippen molar-refractivity contribution in [2.75, 3.05) is 19.5 Å². The number of hydrogen-bond donors (Lipinski definition) is 1. The summed E-state index contributed by atoms with van der Waals surface area (Å²) in [7, 11) is 3.03. The summed E-state index contributed by atoms with van der Waals surface area (Å²) in [6.45, 7) is 1.71. The number of nitrogens with zero attached hydrogens (tertiary/aromatic N) is 1. The van der Waals surface area contributed by atoms with Crippen LogP contribution in [0.15, 0.2) is 60.7 Å². The Morgan fingerprint density at radius 1 is 1.15 bits per heavy atom. The summed E-state index contributed by atoms with van der Waals surface area (Å²) in [5.41, 5.74) is 0.625. The number of halogens is 1. The van der Waals surface area contributed by atoms with Crippen LogP contribution in [-0.4, -0.2) is 31.4 Å². The van der Waals surface area contributed by atoms with Crippen LogP contribution in [0, 0.1) is 6.92 Å². The highest BCUT2D eigenvalue weighted by molar-refractivity contribution is 9.10. The highest BCUT2D eigenvalue weighted by atomic mass is 79.9. The lowest BCUT2D eigenvalue weighted by Crippen LogP contribution is -2.35. The van der Waals surface area contributed by atoms with Gasteiger partial charge in [-0.15, -0.1) is 0 Å². The Kier molecular flexibility index (Phi) is 5.52. The molecule has 2 aromatic heterocycles. The van der Waals surface area contributed by atoms with E-state index in [4.69, 9.17) is 23.2 Å². The Balaban J connectivity index is 1.69. The van der Waals surface area contributed by atoms with Gasteiger partial charge in [-0.2, -0.15) is 0 Å². The van der Waals surface area contributed by atoms with E-state index in [1.54, 1.807) is 49.4 Å². The van der Waals surface area contributed by atoms with E-state index in [0.717, 1.165) is 0 Å². The van der Waals surface area contributed by atoms with Gasteiger partial charge in [0, 0.05) is 6.07 Å². The molecule has 10 heteroatoms. The standard InChI is InChI=1S/C24H19BrN2O7/c1-11-8-17(27-34-11)26-23(28)22-18(12-9-14(25)21(31-3)16(10-12)30-2)19-20(33-22)13-6-4-5-7-15(13)32-24(19)29/h4-10,18,22H,1-3H3,(H,26,27,28)/t18-,22-/m1/s1. The first-order valence-electron chi connectivity index (χ1n) is 10.3. The van der Waals surface area contributed by atoms with Crippen LogP contribution in [0.4, 0.5) is 5.82 Å². The molecule has 174 valence electrons. The number of ether oxygens (including phenoxy) is 3. The molecule has 0 fully saturated rings. The number of para-hydroxylation sites is 1. The molecule has 0 spiro atoms. The lowest BCUT2D eigenvalue weighted by atomic mass is 9.88. The minimum Gasteiger partial charge on any atom is -0.493 e. The summed E-state index contributed by atoms with van der Waals surface area (Å²) in [5.74, 6) is 0.707. The molecule has 2 atom stereocenters. The van der Waals surface area contributed by atoms with Crippen LogP contribution in [-0.2, 0) is 4.79 Å². The van der Waals surface area contributed by atoms with Crippen LogP contribution in [0.2, 0.25) is 0 Å². The second-order valence-corrected chi connectivity index (χ2v) is 8.55. The molecule has 0 bridgehead atoms. The Hall–Kier alpha value is -3.79. The van der Waals surface area contributed by atoms with E-state index in [1.807, 2.05) is 0 Å². The van der Waals surface area contributed by atoms with Gasteiger partial charge in [0.15, 0.2) is 23.4 Å². The number of aryl methyl sites for hydroxylation is 1. The number of amides is 1. The summed E-state index contributed by atoms with van der Waals surface area (Å²) in [6.07, 6.45) is -1.09. The monoisotopic (exact) mass is 526 g/mol. The maximum Gasteiger partial charge on any atom is 0.344 e. The number of carbonyl (C=O) groups excluding carboxylic acids is 1. The Morgan fingerprint density at radius 2 is 1.94 bits per heavy atom. The first kappa shape index (κ1) is 22.0. The molecule has 0 saturated heterocycles. The smallest absolute Gasteiger partial charge is 0.344 e. The fourth-order valence-electron chi connectivity index (χ4n) is 4.16. The molecule has 1 aliphatic heterocycles. The van der Waals surface area contributed by atoms with Crippen molar-refractivity contribution >= 4 is 38.6 Å². The topological polar surface area (TPSA) is 113 Å². The van der Waals surface area contributed by atoms with Crippen molar-refractivity contribution in [3.8, 4) is 17.2 Å². The number of nitrogens with one attached hydrogen (secondary N) is 1. The third-order valence-corrected chi connectivity index (χ3v) is 6.20. The van der Waals surface area contributed by atoms with Gasteiger partial charge >= 0.3 is 5.63 Å². The number of methoxy groups -OCH3 is 2. The molecule has 0 radical (unpaired) electrons. The largest absolute Gasteiger partial charge is 0.493 e. The third kappa shape index (κ3) is 3.60. The highest BCUT2D eigenvalue weighted by Gasteiger charge is 2.45. The van der Waals surface area contributed by atoms with Crippen molar-refractivity contribution in [2.24, 2.45) is 0 Å². The molecule has 0 aliphatic carbocycles. The first-order chi connectivity index (χ1) is 16.4. The Labute approximate surface area is 201 Å². The average molecular weight is 527 g/mol. The Bertz CT molecular complexity index is 1480. The van der Waals surface area contributed by atoms with Crippen LogP contribution in [0.1, 0.15) is 22.8 Å². The summed E-state index contributed by atoms with van der Waals surface area (Å²) in [5, 5.41) is 7.11. The van der Waals surface area contributed by atoms with Crippen molar-refractivity contribution in [3.63, 3.8) is 0 Å². The van der Waals surface area contributed by atoms with Crippen LogP contribution in [0.25, 0.3) is 11.0 Å². The van der Waals surface area contributed by atoms with Crippen molar-refractivity contribution in [3.05, 3.63) is 74.2 Å². The number of fused-ring (bicyclic) bond motifs is 3. The lowest BCUT2D eigenvalue weighted by Gasteiger charge is -2.20. The van der Waals surface area contributed by atoms with E-state index in [9.17, 15) is 9.59 Å². The van der Waals surface area contributed by atoms with Crippen molar-refractivity contribution in [2.45, 2.75) is 18.9 Å². The number of carbonyl (C=O) groups is 1. The molecule has 1 aliphatic rings. The maximum absolute atomic E-state index is 13.4. The fraction of sp³-hybridized carbons (Fsp3) is 0.208. The number of rotatable bonds is 5. The predicted molar refractivity (Wildman–Crippen MR) is 126 cm³/mol. The van der Waals surface area contributed by atoms with Crippen molar-refractivity contribution < 1.29 is 27.9 Å². The van der Waals surface area contributed by atoms with E-state index in [1.165, 1.54) is 14.2 Å². The number of aromatic nitrogens is 1. The van der Waals surface area contributed by atoms with Gasteiger partial charge in [0.2, 0.25) is 0 Å². The molecule has 1 N–H and O–H groups in total. The lowest BCUT2D eigenvalue weighted by molar-refractivity contribution is -0.122. The summed E-state index contributed by atoms with van der Waals surface area (Å²) in [6, 6.07) is 12.1. The molecular formula is C24H19BrN2O7. The molecule has 2 aromatic carbocycles. The number of anilines is 1. The van der Waals surface area contributed by atoms with Crippen LogP contribution in [0.3, 0.4) is 0 Å². The molecular weight excluding hydrogens is 508 g/mol. The van der Waals surface area contributed by atoms with Gasteiger partial charge in [-0.05, 0) is 52.7 Å². The van der Waals surface area contributed by atoms with Gasteiger partial charge in [0.05, 0.1) is 35.6 Å². The Morgan fingerprint density at radius 3 is 2.65 bits per heavy atom. The van der Waals surface area contributed by atoms with Crippen LogP contribution < -0.4 is 25.2 Å². The maximum atomic E-state index is 13.4. The molecule has 0 unspecified atom stereocenters. The normalized spacial score (nSPS) is 16.7. The van der Waals surface area contributed by atoms with E-state index in [0.29, 0.717) is 44.0 Å². The van der Waals surface area contributed by atoms with E-state index >= 15 is 0 Å². The third-order valence-electron chi connectivity index (χ3n) is 5.61. The quantitative estimate of drug-likeness (QED) is 0.380. The highest BCUT2D eigenvalue weighted by Crippen LogP contribution is 2.47. The van der Waals surface area contributed by atoms with Gasteiger partial charge < -0.3 is 28.5 Å². The predicted octanol–water partition coefficient (Wildman–Crippen LogP) is 4.40. The summed E-state index contributed by atoms with van der Waals surface area (Å²) in [4.78, 5) is 26.5. The van der Waals surface area contributed by atoms with Crippen LogP contribution >= 0.6 is 15.9 Å². The minimum absolute atomic E-state index is 0.242. The van der Waals surface area contributed by atoms with Gasteiger partial charge in [-0.25, -0.2) is 4.79 Å². The summed E-state index contributed by atoms with van der Waals surface area (Å²) < 4.78 is 28.3.